The molecule has 2 heterocycles. The first-order valence-corrected chi connectivity index (χ1v) is 8.78. The Balaban J connectivity index is 1.50. The molecule has 29 heavy (non-hydrogen) atoms. The van der Waals surface area contributed by atoms with Gasteiger partial charge >= 0.3 is 0 Å². The fourth-order valence-electron chi connectivity index (χ4n) is 3.15. The molecule has 1 fully saturated rings. The van der Waals surface area contributed by atoms with Crippen molar-refractivity contribution >= 4 is 40.7 Å². The number of anilines is 2. The van der Waals surface area contributed by atoms with Crippen LogP contribution in [0.4, 0.5) is 20.2 Å². The number of amides is 3. The van der Waals surface area contributed by atoms with Crippen LogP contribution in [0, 0.1) is 11.6 Å². The fourth-order valence-corrected chi connectivity index (χ4v) is 3.32. The van der Waals surface area contributed by atoms with E-state index in [9.17, 15) is 23.2 Å². The molecule has 1 saturated heterocycles. The molecule has 0 spiro atoms. The van der Waals surface area contributed by atoms with E-state index in [1.807, 2.05) is 0 Å². The molecule has 2 aromatic rings. The van der Waals surface area contributed by atoms with Crippen molar-refractivity contribution in [1.82, 2.24) is 5.01 Å². The lowest BCUT2D eigenvalue weighted by Crippen LogP contribution is -2.43. The number of carbonyl (C=O) groups is 3. The van der Waals surface area contributed by atoms with Crippen LogP contribution in [0.5, 0.6) is 0 Å². The molecule has 0 bridgehead atoms. The Hall–Kier alpha value is -3.40. The summed E-state index contributed by atoms with van der Waals surface area (Å²) in [6.45, 7) is -0.377. The number of nitrogens with zero attached hydrogens (tertiary/aromatic N) is 4. The molecule has 11 heteroatoms. The van der Waals surface area contributed by atoms with Crippen molar-refractivity contribution in [3.05, 3.63) is 59.1 Å². The Morgan fingerprint density at radius 2 is 1.93 bits per heavy atom. The maximum Gasteiger partial charge on any atom is 0.263 e. The van der Waals surface area contributed by atoms with E-state index in [0.717, 1.165) is 28.1 Å². The predicted octanol–water partition coefficient (Wildman–Crippen LogP) is 2.55. The maximum atomic E-state index is 13.4. The van der Waals surface area contributed by atoms with Crippen LogP contribution in [0.25, 0.3) is 0 Å². The molecule has 0 radical (unpaired) electrons. The topological polar surface area (TPSA) is 94.4 Å². The van der Waals surface area contributed by atoms with Gasteiger partial charge in [-0.15, -0.1) is 0 Å². The van der Waals surface area contributed by atoms with Gasteiger partial charge in [0.25, 0.3) is 11.8 Å². The zero-order valence-corrected chi connectivity index (χ0v) is 15.3. The Bertz CT molecular complexity index is 1060. The van der Waals surface area contributed by atoms with Gasteiger partial charge in [0.1, 0.15) is 18.2 Å². The SMILES string of the molecule is O=C(CN1N=N[C@H]2C(=O)N(c3ccc(F)c(Cl)c3)C(=O)[C@H]21)Nc1cccc(F)c1. The molecular formula is C18H12ClF2N5O3. The van der Waals surface area contributed by atoms with Crippen molar-refractivity contribution in [2.75, 3.05) is 16.8 Å². The highest BCUT2D eigenvalue weighted by atomic mass is 35.5. The van der Waals surface area contributed by atoms with Crippen LogP contribution in [0.3, 0.4) is 0 Å². The summed E-state index contributed by atoms with van der Waals surface area (Å²) in [7, 11) is 0. The number of fused-ring (bicyclic) bond motifs is 1. The lowest BCUT2D eigenvalue weighted by atomic mass is 10.1. The van der Waals surface area contributed by atoms with E-state index >= 15 is 0 Å². The summed E-state index contributed by atoms with van der Waals surface area (Å²) < 4.78 is 26.6. The normalized spacial score (nSPS) is 20.4. The Kier molecular flexibility index (Phi) is 4.71. The van der Waals surface area contributed by atoms with E-state index in [-0.39, 0.29) is 22.9 Å². The third-order valence-electron chi connectivity index (χ3n) is 4.43. The second kappa shape index (κ2) is 7.21. The summed E-state index contributed by atoms with van der Waals surface area (Å²) in [5, 5.41) is 10.9. The highest BCUT2D eigenvalue weighted by molar-refractivity contribution is 6.32. The van der Waals surface area contributed by atoms with Crippen LogP contribution in [0.2, 0.25) is 5.02 Å². The lowest BCUT2D eigenvalue weighted by molar-refractivity contribution is -0.123. The minimum Gasteiger partial charge on any atom is -0.324 e. The number of hydrogen-bond acceptors (Lipinski definition) is 6. The van der Waals surface area contributed by atoms with E-state index in [1.165, 1.54) is 24.3 Å². The third-order valence-corrected chi connectivity index (χ3v) is 4.72. The van der Waals surface area contributed by atoms with Crippen LogP contribution < -0.4 is 10.2 Å². The summed E-state index contributed by atoms with van der Waals surface area (Å²) >= 11 is 5.74. The quantitative estimate of drug-likeness (QED) is 0.770. The molecule has 4 rings (SSSR count). The Morgan fingerprint density at radius 3 is 2.66 bits per heavy atom. The van der Waals surface area contributed by atoms with Crippen molar-refractivity contribution in [3.63, 3.8) is 0 Å². The predicted molar refractivity (Wildman–Crippen MR) is 98.1 cm³/mol. The van der Waals surface area contributed by atoms with E-state index in [2.05, 4.69) is 15.7 Å². The van der Waals surface area contributed by atoms with Crippen molar-refractivity contribution in [3.8, 4) is 0 Å². The largest absolute Gasteiger partial charge is 0.324 e. The minimum absolute atomic E-state index is 0.0974. The summed E-state index contributed by atoms with van der Waals surface area (Å²) in [6.07, 6.45) is 0. The Morgan fingerprint density at radius 1 is 1.14 bits per heavy atom. The van der Waals surface area contributed by atoms with Gasteiger partial charge in [-0.2, -0.15) is 5.11 Å². The second-order valence-corrected chi connectivity index (χ2v) is 6.77. The number of hydrogen-bond donors (Lipinski definition) is 1. The van der Waals surface area contributed by atoms with Gasteiger partial charge < -0.3 is 5.32 Å². The van der Waals surface area contributed by atoms with E-state index < -0.39 is 41.4 Å². The fraction of sp³-hybridized carbons (Fsp3) is 0.167. The molecule has 2 aromatic carbocycles. The number of halogens is 3. The van der Waals surface area contributed by atoms with Gasteiger partial charge in [-0.3, -0.25) is 19.4 Å². The molecule has 0 unspecified atom stereocenters. The molecule has 148 valence electrons. The van der Waals surface area contributed by atoms with Crippen LogP contribution in [-0.4, -0.2) is 41.4 Å². The van der Waals surface area contributed by atoms with Gasteiger partial charge in [0.2, 0.25) is 5.91 Å². The zero-order chi connectivity index (χ0) is 20.7. The highest BCUT2D eigenvalue weighted by Crippen LogP contribution is 2.33. The van der Waals surface area contributed by atoms with Gasteiger partial charge in [0.15, 0.2) is 12.1 Å². The molecule has 2 atom stereocenters. The molecule has 0 aliphatic carbocycles. The molecule has 2 aliphatic rings. The van der Waals surface area contributed by atoms with Crippen molar-refractivity contribution in [2.24, 2.45) is 10.3 Å². The van der Waals surface area contributed by atoms with Crippen molar-refractivity contribution in [2.45, 2.75) is 12.1 Å². The van der Waals surface area contributed by atoms with Gasteiger partial charge in [0, 0.05) is 5.69 Å². The van der Waals surface area contributed by atoms with E-state index in [4.69, 9.17) is 11.6 Å². The molecule has 0 aromatic heterocycles. The average molecular weight is 420 g/mol. The first kappa shape index (κ1) is 18.9. The molecule has 0 saturated carbocycles. The summed E-state index contributed by atoms with van der Waals surface area (Å²) in [6, 6.07) is 6.52. The van der Waals surface area contributed by atoms with Crippen molar-refractivity contribution < 1.29 is 23.2 Å². The molecule has 3 amide bonds. The molecule has 8 nitrogen and oxygen atoms in total. The van der Waals surface area contributed by atoms with Crippen LogP contribution in [0.15, 0.2) is 52.8 Å². The standard InChI is InChI=1S/C18H12ClF2N5O3/c19-12-7-11(4-5-13(12)21)26-17(28)15-16(18(26)29)25(24-23-15)8-14(27)22-10-3-1-2-9(20)6-10/h1-7,15-16H,8H2,(H,22,27)/t15-,16+/m1/s1. The van der Waals surface area contributed by atoms with Crippen molar-refractivity contribution in [1.29, 1.82) is 0 Å². The monoisotopic (exact) mass is 419 g/mol. The van der Waals surface area contributed by atoms with Crippen LogP contribution in [0.1, 0.15) is 0 Å². The number of benzene rings is 2. The number of nitrogens with one attached hydrogen (secondary N) is 1. The van der Waals surface area contributed by atoms with E-state index in [1.54, 1.807) is 0 Å². The second-order valence-electron chi connectivity index (χ2n) is 6.36. The van der Waals surface area contributed by atoms with Gasteiger partial charge in [-0.25, -0.2) is 13.7 Å². The average Bonchev–Trinajstić information content (AvgIpc) is 3.18. The number of carbonyl (C=O) groups excluding carboxylic acids is 3. The highest BCUT2D eigenvalue weighted by Gasteiger charge is 2.55. The van der Waals surface area contributed by atoms with Gasteiger partial charge in [-0.05, 0) is 36.4 Å². The minimum atomic E-state index is -1.12. The summed E-state index contributed by atoms with van der Waals surface area (Å²) in [4.78, 5) is 38.5. The Labute approximate surface area is 167 Å². The van der Waals surface area contributed by atoms with Gasteiger partial charge in [-0.1, -0.05) is 22.9 Å². The summed E-state index contributed by atoms with van der Waals surface area (Å²) in [5.41, 5.74) is 0.333. The zero-order valence-electron chi connectivity index (χ0n) is 14.6. The van der Waals surface area contributed by atoms with E-state index in [0.29, 0.717) is 0 Å². The first-order chi connectivity index (χ1) is 13.8. The van der Waals surface area contributed by atoms with Gasteiger partial charge in [0.05, 0.1) is 10.7 Å². The maximum absolute atomic E-state index is 13.4. The number of rotatable bonds is 4. The molecular weight excluding hydrogens is 408 g/mol. The summed E-state index contributed by atoms with van der Waals surface area (Å²) in [5.74, 6) is -3.09. The third kappa shape index (κ3) is 3.42. The molecule has 2 aliphatic heterocycles. The first-order valence-electron chi connectivity index (χ1n) is 8.41. The van der Waals surface area contributed by atoms with Crippen LogP contribution in [-0.2, 0) is 14.4 Å². The number of imide groups is 1. The smallest absolute Gasteiger partial charge is 0.263 e. The lowest BCUT2D eigenvalue weighted by Gasteiger charge is -2.20. The van der Waals surface area contributed by atoms with Crippen LogP contribution >= 0.6 is 11.6 Å². The molecule has 1 N–H and O–H groups in total.